The minimum Gasteiger partial charge on any atom is -0.495 e. The van der Waals surface area contributed by atoms with Crippen molar-refractivity contribution < 1.29 is 13.9 Å². The summed E-state index contributed by atoms with van der Waals surface area (Å²) in [4.78, 5) is 13.8. The average molecular weight is 338 g/mol. The Kier molecular flexibility index (Phi) is 4.39. The number of anilines is 1. The van der Waals surface area contributed by atoms with Crippen LogP contribution in [0.3, 0.4) is 0 Å². The molecule has 0 atom stereocenters. The van der Waals surface area contributed by atoms with E-state index in [2.05, 4.69) is 15.9 Å². The molecular weight excluding hydrogens is 325 g/mol. The van der Waals surface area contributed by atoms with Gasteiger partial charge in [0, 0.05) is 11.5 Å². The van der Waals surface area contributed by atoms with E-state index in [-0.39, 0.29) is 5.56 Å². The van der Waals surface area contributed by atoms with Gasteiger partial charge in [0.05, 0.1) is 18.4 Å². The van der Waals surface area contributed by atoms with Gasteiger partial charge in [-0.3, -0.25) is 4.79 Å². The first-order valence-corrected chi connectivity index (χ1v) is 6.70. The maximum absolute atomic E-state index is 13.9. The van der Waals surface area contributed by atoms with Crippen molar-refractivity contribution in [2.45, 2.75) is 0 Å². The predicted molar refractivity (Wildman–Crippen MR) is 79.8 cm³/mol. The van der Waals surface area contributed by atoms with Crippen LogP contribution in [0.2, 0.25) is 0 Å². The molecule has 0 unspecified atom stereocenters. The Labute approximate surface area is 125 Å². The van der Waals surface area contributed by atoms with E-state index < -0.39 is 11.7 Å². The molecule has 1 amide bonds. The van der Waals surface area contributed by atoms with Crippen LogP contribution in [0, 0.1) is 5.82 Å². The van der Waals surface area contributed by atoms with Crippen LogP contribution < -0.4 is 9.64 Å². The minimum absolute atomic E-state index is 0.000839. The van der Waals surface area contributed by atoms with E-state index in [1.54, 1.807) is 43.4 Å². The SMILES string of the molecule is COc1ccccc1N(C)C(=O)c1c(F)cccc1Br. The molecule has 0 N–H and O–H groups in total. The van der Waals surface area contributed by atoms with Gasteiger partial charge in [-0.05, 0) is 40.2 Å². The van der Waals surface area contributed by atoms with Gasteiger partial charge >= 0.3 is 0 Å². The summed E-state index contributed by atoms with van der Waals surface area (Å²) in [5.74, 6) is -0.457. The number of rotatable bonds is 3. The second-order valence-electron chi connectivity index (χ2n) is 4.13. The lowest BCUT2D eigenvalue weighted by atomic mass is 10.1. The number of para-hydroxylation sites is 2. The van der Waals surface area contributed by atoms with Crippen LogP contribution in [-0.4, -0.2) is 20.1 Å². The van der Waals surface area contributed by atoms with Crippen molar-refractivity contribution in [3.8, 4) is 5.75 Å². The number of amides is 1. The smallest absolute Gasteiger partial charge is 0.262 e. The summed E-state index contributed by atoms with van der Waals surface area (Å²) in [6, 6.07) is 11.5. The van der Waals surface area contributed by atoms with Crippen molar-refractivity contribution in [2.24, 2.45) is 0 Å². The summed E-state index contributed by atoms with van der Waals surface area (Å²) in [5.41, 5.74) is 0.580. The van der Waals surface area contributed by atoms with Crippen molar-refractivity contribution in [3.63, 3.8) is 0 Å². The molecule has 0 radical (unpaired) electrons. The Hall–Kier alpha value is -1.88. The zero-order valence-electron chi connectivity index (χ0n) is 11.1. The van der Waals surface area contributed by atoms with Gasteiger partial charge in [0.2, 0.25) is 0 Å². The highest BCUT2D eigenvalue weighted by atomic mass is 79.9. The summed E-state index contributed by atoms with van der Waals surface area (Å²) >= 11 is 3.21. The normalized spacial score (nSPS) is 10.2. The van der Waals surface area contributed by atoms with E-state index in [0.717, 1.165) is 0 Å². The topological polar surface area (TPSA) is 29.5 Å². The van der Waals surface area contributed by atoms with E-state index in [1.807, 2.05) is 0 Å². The van der Waals surface area contributed by atoms with Crippen LogP contribution in [-0.2, 0) is 0 Å². The van der Waals surface area contributed by atoms with Crippen LogP contribution in [0.5, 0.6) is 5.75 Å². The molecule has 2 aromatic rings. The highest BCUT2D eigenvalue weighted by Gasteiger charge is 2.22. The molecule has 0 saturated carbocycles. The lowest BCUT2D eigenvalue weighted by Crippen LogP contribution is -2.27. The fourth-order valence-corrected chi connectivity index (χ4v) is 2.40. The molecule has 5 heteroatoms. The Morgan fingerprint density at radius 3 is 2.55 bits per heavy atom. The van der Waals surface area contributed by atoms with E-state index in [0.29, 0.717) is 15.9 Å². The molecule has 0 aromatic heterocycles. The minimum atomic E-state index is -0.564. The molecule has 0 aliphatic rings. The van der Waals surface area contributed by atoms with Gasteiger partial charge in [0.1, 0.15) is 11.6 Å². The Morgan fingerprint density at radius 1 is 1.20 bits per heavy atom. The monoisotopic (exact) mass is 337 g/mol. The molecule has 2 aromatic carbocycles. The van der Waals surface area contributed by atoms with E-state index in [1.165, 1.54) is 18.1 Å². The van der Waals surface area contributed by atoms with Gasteiger partial charge < -0.3 is 9.64 Å². The zero-order valence-corrected chi connectivity index (χ0v) is 12.6. The largest absolute Gasteiger partial charge is 0.495 e. The lowest BCUT2D eigenvalue weighted by molar-refractivity contribution is 0.0987. The number of nitrogens with zero attached hydrogens (tertiary/aromatic N) is 1. The number of carbonyl (C=O) groups is 1. The average Bonchev–Trinajstić information content (AvgIpc) is 2.46. The second kappa shape index (κ2) is 6.05. The number of hydrogen-bond donors (Lipinski definition) is 0. The maximum Gasteiger partial charge on any atom is 0.262 e. The molecule has 104 valence electrons. The molecule has 20 heavy (non-hydrogen) atoms. The van der Waals surface area contributed by atoms with Gasteiger partial charge in [0.15, 0.2) is 0 Å². The Morgan fingerprint density at radius 2 is 1.90 bits per heavy atom. The highest BCUT2D eigenvalue weighted by Crippen LogP contribution is 2.29. The van der Waals surface area contributed by atoms with Crippen LogP contribution in [0.4, 0.5) is 10.1 Å². The van der Waals surface area contributed by atoms with Gasteiger partial charge in [-0.2, -0.15) is 0 Å². The third-order valence-electron chi connectivity index (χ3n) is 2.93. The molecule has 0 fully saturated rings. The molecule has 0 aliphatic heterocycles. The number of carbonyl (C=O) groups excluding carboxylic acids is 1. The van der Waals surface area contributed by atoms with Crippen LogP contribution in [0.1, 0.15) is 10.4 Å². The van der Waals surface area contributed by atoms with Gasteiger partial charge in [-0.15, -0.1) is 0 Å². The van der Waals surface area contributed by atoms with Crippen molar-refractivity contribution >= 4 is 27.5 Å². The fourth-order valence-electron chi connectivity index (χ4n) is 1.89. The van der Waals surface area contributed by atoms with Gasteiger partial charge in [-0.1, -0.05) is 18.2 Å². The molecule has 0 aliphatic carbocycles. The van der Waals surface area contributed by atoms with Crippen LogP contribution >= 0.6 is 15.9 Å². The Bertz CT molecular complexity index is 625. The van der Waals surface area contributed by atoms with Crippen molar-refractivity contribution in [1.29, 1.82) is 0 Å². The third kappa shape index (κ3) is 2.67. The first-order chi connectivity index (χ1) is 9.56. The van der Waals surface area contributed by atoms with E-state index in [4.69, 9.17) is 4.74 Å². The molecule has 0 bridgehead atoms. The molecular formula is C15H13BrFNO2. The second-order valence-corrected chi connectivity index (χ2v) is 4.99. The lowest BCUT2D eigenvalue weighted by Gasteiger charge is -2.20. The summed E-state index contributed by atoms with van der Waals surface area (Å²) in [7, 11) is 3.11. The standard InChI is InChI=1S/C15H13BrFNO2/c1-18(12-8-3-4-9-13(12)20-2)15(19)14-10(16)6-5-7-11(14)17/h3-9H,1-2H3. The fraction of sp³-hybridized carbons (Fsp3) is 0.133. The number of methoxy groups -OCH3 is 1. The maximum atomic E-state index is 13.9. The Balaban J connectivity index is 2.43. The predicted octanol–water partition coefficient (Wildman–Crippen LogP) is 3.87. The first-order valence-electron chi connectivity index (χ1n) is 5.91. The first kappa shape index (κ1) is 14.5. The zero-order chi connectivity index (χ0) is 14.7. The molecule has 0 spiro atoms. The van der Waals surface area contributed by atoms with Crippen LogP contribution in [0.25, 0.3) is 0 Å². The number of ether oxygens (including phenoxy) is 1. The van der Waals surface area contributed by atoms with Crippen molar-refractivity contribution in [3.05, 3.63) is 58.3 Å². The molecule has 3 nitrogen and oxygen atoms in total. The molecule has 0 saturated heterocycles. The highest BCUT2D eigenvalue weighted by molar-refractivity contribution is 9.10. The number of halogens is 2. The van der Waals surface area contributed by atoms with Gasteiger partial charge in [-0.25, -0.2) is 4.39 Å². The summed E-state index contributed by atoms with van der Waals surface area (Å²) in [6.45, 7) is 0. The number of benzene rings is 2. The van der Waals surface area contributed by atoms with Crippen LogP contribution in [0.15, 0.2) is 46.9 Å². The van der Waals surface area contributed by atoms with E-state index >= 15 is 0 Å². The quantitative estimate of drug-likeness (QED) is 0.850. The van der Waals surface area contributed by atoms with Crippen molar-refractivity contribution in [1.82, 2.24) is 0 Å². The molecule has 0 heterocycles. The third-order valence-corrected chi connectivity index (χ3v) is 3.59. The summed E-state index contributed by atoms with van der Waals surface area (Å²) in [6.07, 6.45) is 0. The number of hydrogen-bond acceptors (Lipinski definition) is 2. The van der Waals surface area contributed by atoms with Gasteiger partial charge in [0.25, 0.3) is 5.91 Å². The summed E-state index contributed by atoms with van der Waals surface area (Å²) < 4.78 is 19.5. The summed E-state index contributed by atoms with van der Waals surface area (Å²) in [5, 5.41) is 0. The van der Waals surface area contributed by atoms with Crippen molar-refractivity contribution in [2.75, 3.05) is 19.1 Å². The van der Waals surface area contributed by atoms with E-state index in [9.17, 15) is 9.18 Å². The molecule has 2 rings (SSSR count).